The Morgan fingerprint density at radius 2 is 2.33 bits per heavy atom. The number of nitrogens with two attached hydrogens (primary N) is 1. The van der Waals surface area contributed by atoms with Crippen molar-refractivity contribution in [1.29, 1.82) is 0 Å². The molecule has 1 aliphatic heterocycles. The Balaban J connectivity index is 2.22. The lowest BCUT2D eigenvalue weighted by Crippen LogP contribution is -2.47. The van der Waals surface area contributed by atoms with E-state index in [2.05, 4.69) is 5.32 Å². The topological polar surface area (TPSA) is 64.3 Å². The summed E-state index contributed by atoms with van der Waals surface area (Å²) in [5, 5.41) is 3.39. The standard InChI is InChI=1S/C13H17ClN2O2/c1-8-4-3-5-9(14)11(8)16-12(17)13(2)7-18-6-10(13)15/h3-5,10H,6-7,15H2,1-2H3,(H,16,17). The molecule has 1 aliphatic rings. The van der Waals surface area contributed by atoms with Crippen molar-refractivity contribution in [3.63, 3.8) is 0 Å². The van der Waals surface area contributed by atoms with E-state index in [0.717, 1.165) is 5.56 Å². The van der Waals surface area contributed by atoms with E-state index in [-0.39, 0.29) is 11.9 Å². The largest absolute Gasteiger partial charge is 0.379 e. The van der Waals surface area contributed by atoms with Gasteiger partial charge in [-0.05, 0) is 25.5 Å². The monoisotopic (exact) mass is 268 g/mol. The number of hydrogen-bond acceptors (Lipinski definition) is 3. The minimum absolute atomic E-state index is 0.149. The van der Waals surface area contributed by atoms with Crippen molar-refractivity contribution >= 4 is 23.2 Å². The van der Waals surface area contributed by atoms with Crippen LogP contribution in [0.5, 0.6) is 0 Å². The lowest BCUT2D eigenvalue weighted by Gasteiger charge is -2.26. The van der Waals surface area contributed by atoms with Gasteiger partial charge in [0, 0.05) is 6.04 Å². The maximum atomic E-state index is 12.3. The second-order valence-corrected chi connectivity index (χ2v) is 5.33. The van der Waals surface area contributed by atoms with Gasteiger partial charge in [0.1, 0.15) is 0 Å². The van der Waals surface area contributed by atoms with Gasteiger partial charge in [0.05, 0.1) is 29.3 Å². The molecule has 1 heterocycles. The molecule has 0 radical (unpaired) electrons. The van der Waals surface area contributed by atoms with E-state index in [1.54, 1.807) is 6.07 Å². The first-order valence-electron chi connectivity index (χ1n) is 5.85. The highest BCUT2D eigenvalue weighted by Gasteiger charge is 2.44. The van der Waals surface area contributed by atoms with E-state index in [9.17, 15) is 4.79 Å². The first-order chi connectivity index (χ1) is 8.45. The maximum Gasteiger partial charge on any atom is 0.234 e. The highest BCUT2D eigenvalue weighted by Crippen LogP contribution is 2.31. The van der Waals surface area contributed by atoms with E-state index in [0.29, 0.717) is 23.9 Å². The molecule has 1 amide bonds. The fourth-order valence-electron chi connectivity index (χ4n) is 1.97. The quantitative estimate of drug-likeness (QED) is 0.862. The Morgan fingerprint density at radius 1 is 1.61 bits per heavy atom. The van der Waals surface area contributed by atoms with Crippen molar-refractivity contribution in [2.45, 2.75) is 19.9 Å². The van der Waals surface area contributed by atoms with Crippen LogP contribution in [0.4, 0.5) is 5.69 Å². The molecule has 0 bridgehead atoms. The molecule has 0 aromatic heterocycles. The number of anilines is 1. The van der Waals surface area contributed by atoms with Crippen LogP contribution in [-0.2, 0) is 9.53 Å². The van der Waals surface area contributed by atoms with Gasteiger partial charge < -0.3 is 15.8 Å². The van der Waals surface area contributed by atoms with Crippen molar-refractivity contribution in [2.24, 2.45) is 11.1 Å². The Hall–Kier alpha value is -1.10. The second kappa shape index (κ2) is 4.88. The summed E-state index contributed by atoms with van der Waals surface area (Å²) < 4.78 is 5.27. The third-order valence-electron chi connectivity index (χ3n) is 3.50. The molecule has 1 saturated heterocycles. The zero-order chi connectivity index (χ0) is 13.3. The minimum atomic E-state index is -0.703. The number of para-hydroxylation sites is 1. The Labute approximate surface area is 111 Å². The third-order valence-corrected chi connectivity index (χ3v) is 3.81. The molecule has 2 rings (SSSR count). The molecule has 0 saturated carbocycles. The van der Waals surface area contributed by atoms with Crippen LogP contribution in [0.2, 0.25) is 5.02 Å². The number of halogens is 1. The van der Waals surface area contributed by atoms with Crippen molar-refractivity contribution in [3.05, 3.63) is 28.8 Å². The fraction of sp³-hybridized carbons (Fsp3) is 0.462. The average molecular weight is 269 g/mol. The summed E-state index contributed by atoms with van der Waals surface area (Å²) in [4.78, 5) is 12.3. The zero-order valence-electron chi connectivity index (χ0n) is 10.5. The molecule has 1 aromatic carbocycles. The highest BCUT2D eigenvalue weighted by molar-refractivity contribution is 6.34. The van der Waals surface area contributed by atoms with Crippen LogP contribution in [-0.4, -0.2) is 25.2 Å². The summed E-state index contributed by atoms with van der Waals surface area (Å²) in [5.41, 5.74) is 6.79. The molecule has 18 heavy (non-hydrogen) atoms. The molecule has 5 heteroatoms. The zero-order valence-corrected chi connectivity index (χ0v) is 11.3. The predicted octanol–water partition coefficient (Wildman–Crippen LogP) is 1.95. The van der Waals surface area contributed by atoms with Crippen LogP contribution in [0.1, 0.15) is 12.5 Å². The number of carbonyl (C=O) groups excluding carboxylic acids is 1. The van der Waals surface area contributed by atoms with Gasteiger partial charge in [-0.25, -0.2) is 0 Å². The first kappa shape index (κ1) is 13.3. The molecule has 2 unspecified atom stereocenters. The molecular weight excluding hydrogens is 252 g/mol. The van der Waals surface area contributed by atoms with Crippen LogP contribution < -0.4 is 11.1 Å². The summed E-state index contributed by atoms with van der Waals surface area (Å²) >= 11 is 6.08. The number of ether oxygens (including phenoxy) is 1. The number of benzene rings is 1. The van der Waals surface area contributed by atoms with Gasteiger partial charge in [0.2, 0.25) is 5.91 Å². The Bertz CT molecular complexity index is 458. The second-order valence-electron chi connectivity index (χ2n) is 4.92. The van der Waals surface area contributed by atoms with Crippen molar-refractivity contribution in [2.75, 3.05) is 18.5 Å². The van der Waals surface area contributed by atoms with Crippen LogP contribution in [0.15, 0.2) is 18.2 Å². The van der Waals surface area contributed by atoms with Crippen LogP contribution in [0.25, 0.3) is 0 Å². The maximum absolute atomic E-state index is 12.3. The smallest absolute Gasteiger partial charge is 0.234 e. The minimum Gasteiger partial charge on any atom is -0.379 e. The Morgan fingerprint density at radius 3 is 2.89 bits per heavy atom. The normalized spacial score (nSPS) is 27.2. The molecule has 98 valence electrons. The number of nitrogens with one attached hydrogen (secondary N) is 1. The van der Waals surface area contributed by atoms with Gasteiger partial charge in [-0.3, -0.25) is 4.79 Å². The molecule has 4 nitrogen and oxygen atoms in total. The average Bonchev–Trinajstić information content (AvgIpc) is 2.66. The van der Waals surface area contributed by atoms with Crippen LogP contribution >= 0.6 is 11.6 Å². The van der Waals surface area contributed by atoms with Gasteiger partial charge in [0.25, 0.3) is 0 Å². The fourth-order valence-corrected chi connectivity index (χ4v) is 2.24. The summed E-state index contributed by atoms with van der Waals surface area (Å²) in [6.07, 6.45) is 0. The van der Waals surface area contributed by atoms with Gasteiger partial charge >= 0.3 is 0 Å². The van der Waals surface area contributed by atoms with E-state index in [4.69, 9.17) is 22.1 Å². The molecule has 1 fully saturated rings. The molecule has 0 spiro atoms. The number of hydrogen-bond donors (Lipinski definition) is 2. The predicted molar refractivity (Wildman–Crippen MR) is 71.7 cm³/mol. The van der Waals surface area contributed by atoms with Gasteiger partial charge in [-0.1, -0.05) is 23.7 Å². The third kappa shape index (κ3) is 2.23. The molecule has 3 N–H and O–H groups in total. The van der Waals surface area contributed by atoms with Crippen molar-refractivity contribution in [1.82, 2.24) is 0 Å². The summed E-state index contributed by atoms with van der Waals surface area (Å²) in [6.45, 7) is 4.45. The van der Waals surface area contributed by atoms with E-state index >= 15 is 0 Å². The van der Waals surface area contributed by atoms with Gasteiger partial charge in [-0.15, -0.1) is 0 Å². The van der Waals surface area contributed by atoms with Crippen molar-refractivity contribution < 1.29 is 9.53 Å². The van der Waals surface area contributed by atoms with Crippen LogP contribution in [0.3, 0.4) is 0 Å². The molecule has 1 aromatic rings. The highest BCUT2D eigenvalue weighted by atomic mass is 35.5. The molecular formula is C13H17ClN2O2. The summed E-state index contributed by atoms with van der Waals surface area (Å²) in [6, 6.07) is 5.20. The van der Waals surface area contributed by atoms with E-state index < -0.39 is 5.41 Å². The number of amides is 1. The van der Waals surface area contributed by atoms with E-state index in [1.165, 1.54) is 0 Å². The molecule has 0 aliphatic carbocycles. The van der Waals surface area contributed by atoms with Gasteiger partial charge in [-0.2, -0.15) is 0 Å². The van der Waals surface area contributed by atoms with Crippen molar-refractivity contribution in [3.8, 4) is 0 Å². The lowest BCUT2D eigenvalue weighted by molar-refractivity contribution is -0.125. The lowest BCUT2D eigenvalue weighted by atomic mass is 9.84. The number of rotatable bonds is 2. The first-order valence-corrected chi connectivity index (χ1v) is 6.23. The number of carbonyl (C=O) groups is 1. The number of aryl methyl sites for hydroxylation is 1. The van der Waals surface area contributed by atoms with Crippen LogP contribution in [0, 0.1) is 12.3 Å². The summed E-state index contributed by atoms with van der Waals surface area (Å²) in [7, 11) is 0. The van der Waals surface area contributed by atoms with Gasteiger partial charge in [0.15, 0.2) is 0 Å². The van der Waals surface area contributed by atoms with E-state index in [1.807, 2.05) is 26.0 Å². The molecule has 2 atom stereocenters. The Kier molecular flexibility index (Phi) is 3.61. The SMILES string of the molecule is Cc1cccc(Cl)c1NC(=O)C1(C)COCC1N. The summed E-state index contributed by atoms with van der Waals surface area (Å²) in [5.74, 6) is -0.149.